The molecule has 4 rings (SSSR count). The van der Waals surface area contributed by atoms with Crippen LogP contribution >= 0.6 is 11.8 Å². The first kappa shape index (κ1) is 18.3. The van der Waals surface area contributed by atoms with Gasteiger partial charge in [0.1, 0.15) is 5.75 Å². The standard InChI is InChI=1S/C21H25N3O2S/c1-26-16-5-3-4-15(12-16)20-18-13-24(11-10-19(18)22-23-20)21(25)14-6-8-17(27-2)9-7-14/h3-9,12,18-20,22-23H,10-11,13H2,1-2H3. The van der Waals surface area contributed by atoms with E-state index in [-0.39, 0.29) is 11.9 Å². The second-order valence-electron chi connectivity index (χ2n) is 7.08. The van der Waals surface area contributed by atoms with Gasteiger partial charge >= 0.3 is 0 Å². The van der Waals surface area contributed by atoms with Crippen LogP contribution in [0.4, 0.5) is 0 Å². The zero-order chi connectivity index (χ0) is 18.8. The topological polar surface area (TPSA) is 53.6 Å². The van der Waals surface area contributed by atoms with Gasteiger partial charge in [0.2, 0.25) is 0 Å². The molecule has 2 aromatic carbocycles. The first-order chi connectivity index (χ1) is 13.2. The molecule has 0 spiro atoms. The highest BCUT2D eigenvalue weighted by atomic mass is 32.2. The molecule has 2 N–H and O–H groups in total. The Morgan fingerprint density at radius 3 is 2.74 bits per heavy atom. The number of ether oxygens (including phenoxy) is 1. The van der Waals surface area contributed by atoms with Gasteiger partial charge in [-0.2, -0.15) is 0 Å². The van der Waals surface area contributed by atoms with E-state index in [4.69, 9.17) is 4.74 Å². The summed E-state index contributed by atoms with van der Waals surface area (Å²) in [5, 5.41) is 0. The molecule has 2 aliphatic rings. The fraction of sp³-hybridized carbons (Fsp3) is 0.381. The number of fused-ring (bicyclic) bond motifs is 1. The number of methoxy groups -OCH3 is 1. The molecule has 2 aliphatic heterocycles. The van der Waals surface area contributed by atoms with Crippen molar-refractivity contribution in [3.63, 3.8) is 0 Å². The Kier molecular flexibility index (Phi) is 5.38. The molecule has 0 radical (unpaired) electrons. The summed E-state index contributed by atoms with van der Waals surface area (Å²) < 4.78 is 5.37. The minimum Gasteiger partial charge on any atom is -0.497 e. The summed E-state index contributed by atoms with van der Waals surface area (Å²) in [6, 6.07) is 16.6. The molecule has 0 aromatic heterocycles. The summed E-state index contributed by atoms with van der Waals surface area (Å²) >= 11 is 1.69. The third-order valence-corrected chi connectivity index (χ3v) is 6.33. The summed E-state index contributed by atoms with van der Waals surface area (Å²) in [5.41, 5.74) is 8.82. The number of hydrogen-bond acceptors (Lipinski definition) is 5. The van der Waals surface area contributed by atoms with E-state index in [0.29, 0.717) is 12.0 Å². The molecular formula is C21H25N3O2S. The number of rotatable bonds is 4. The number of nitrogens with zero attached hydrogens (tertiary/aromatic N) is 1. The molecule has 0 aliphatic carbocycles. The van der Waals surface area contributed by atoms with Gasteiger partial charge in [-0.15, -0.1) is 11.8 Å². The minimum absolute atomic E-state index is 0.123. The molecule has 2 aromatic rings. The lowest BCUT2D eigenvalue weighted by Gasteiger charge is -2.36. The number of carbonyl (C=O) groups is 1. The van der Waals surface area contributed by atoms with Gasteiger partial charge in [0.15, 0.2) is 0 Å². The second kappa shape index (κ2) is 7.92. The minimum atomic E-state index is 0.123. The van der Waals surface area contributed by atoms with Crippen LogP contribution in [0.2, 0.25) is 0 Å². The zero-order valence-electron chi connectivity index (χ0n) is 15.6. The molecule has 3 unspecified atom stereocenters. The van der Waals surface area contributed by atoms with Gasteiger partial charge in [-0.3, -0.25) is 10.2 Å². The number of likely N-dealkylation sites (tertiary alicyclic amines) is 1. The Morgan fingerprint density at radius 1 is 1.19 bits per heavy atom. The third-order valence-electron chi connectivity index (χ3n) is 5.59. The number of hydrogen-bond donors (Lipinski definition) is 2. The van der Waals surface area contributed by atoms with Crippen molar-refractivity contribution in [1.82, 2.24) is 15.8 Å². The highest BCUT2D eigenvalue weighted by Crippen LogP contribution is 2.35. The monoisotopic (exact) mass is 383 g/mol. The fourth-order valence-electron chi connectivity index (χ4n) is 4.07. The number of thioether (sulfide) groups is 1. The van der Waals surface area contributed by atoms with E-state index in [2.05, 4.69) is 23.0 Å². The molecule has 27 heavy (non-hydrogen) atoms. The van der Waals surface area contributed by atoms with Gasteiger partial charge in [0.25, 0.3) is 5.91 Å². The molecule has 0 bridgehead atoms. The van der Waals surface area contributed by atoms with E-state index in [9.17, 15) is 4.79 Å². The first-order valence-corrected chi connectivity index (χ1v) is 10.5. The van der Waals surface area contributed by atoms with E-state index < -0.39 is 0 Å². The summed E-state index contributed by atoms with van der Waals surface area (Å²) in [4.78, 5) is 16.2. The lowest BCUT2D eigenvalue weighted by molar-refractivity contribution is 0.0652. The van der Waals surface area contributed by atoms with Crippen molar-refractivity contribution >= 4 is 17.7 Å². The molecule has 3 atom stereocenters. The van der Waals surface area contributed by atoms with Crippen LogP contribution in [-0.4, -0.2) is 43.3 Å². The smallest absolute Gasteiger partial charge is 0.253 e. The Morgan fingerprint density at radius 2 is 2.00 bits per heavy atom. The van der Waals surface area contributed by atoms with Crippen LogP contribution in [-0.2, 0) is 0 Å². The average molecular weight is 384 g/mol. The summed E-state index contributed by atoms with van der Waals surface area (Å²) in [6.07, 6.45) is 2.99. The van der Waals surface area contributed by atoms with Crippen LogP contribution in [0.1, 0.15) is 28.4 Å². The van der Waals surface area contributed by atoms with Gasteiger partial charge in [-0.25, -0.2) is 5.43 Å². The van der Waals surface area contributed by atoms with Crippen LogP contribution in [0.5, 0.6) is 5.75 Å². The highest BCUT2D eigenvalue weighted by Gasteiger charge is 2.41. The normalized spacial score (nSPS) is 24.5. The van der Waals surface area contributed by atoms with Gasteiger partial charge in [-0.05, 0) is 54.6 Å². The Hall–Kier alpha value is -2.02. The SMILES string of the molecule is COc1cccc(C2NNC3CCN(C(=O)c4ccc(SC)cc4)CC32)c1. The van der Waals surface area contributed by atoms with Crippen LogP contribution in [0.15, 0.2) is 53.4 Å². The second-order valence-corrected chi connectivity index (χ2v) is 7.96. The molecule has 2 heterocycles. The van der Waals surface area contributed by atoms with Gasteiger partial charge in [-0.1, -0.05) is 12.1 Å². The van der Waals surface area contributed by atoms with E-state index in [1.807, 2.05) is 47.6 Å². The summed E-state index contributed by atoms with van der Waals surface area (Å²) in [6.45, 7) is 1.53. The molecule has 142 valence electrons. The van der Waals surface area contributed by atoms with Crippen LogP contribution < -0.4 is 15.6 Å². The van der Waals surface area contributed by atoms with Crippen molar-refractivity contribution < 1.29 is 9.53 Å². The van der Waals surface area contributed by atoms with Gasteiger partial charge in [0.05, 0.1) is 13.2 Å². The largest absolute Gasteiger partial charge is 0.497 e. The van der Waals surface area contributed by atoms with E-state index in [1.165, 1.54) is 10.5 Å². The number of hydrazine groups is 1. The summed E-state index contributed by atoms with van der Waals surface area (Å²) in [5.74, 6) is 1.31. The number of benzene rings is 2. The molecule has 1 amide bonds. The van der Waals surface area contributed by atoms with Crippen molar-refractivity contribution in [3.05, 3.63) is 59.7 Å². The average Bonchev–Trinajstić information content (AvgIpc) is 3.16. The van der Waals surface area contributed by atoms with E-state index in [1.54, 1.807) is 18.9 Å². The van der Waals surface area contributed by atoms with Crippen molar-refractivity contribution in [3.8, 4) is 5.75 Å². The lowest BCUT2D eigenvalue weighted by Crippen LogP contribution is -2.47. The van der Waals surface area contributed by atoms with Crippen LogP contribution in [0.3, 0.4) is 0 Å². The maximum absolute atomic E-state index is 13.0. The zero-order valence-corrected chi connectivity index (χ0v) is 16.5. The van der Waals surface area contributed by atoms with Crippen LogP contribution in [0.25, 0.3) is 0 Å². The van der Waals surface area contributed by atoms with Crippen molar-refractivity contribution in [2.45, 2.75) is 23.4 Å². The predicted octanol–water partition coefficient (Wildman–Crippen LogP) is 3.10. The van der Waals surface area contributed by atoms with Gasteiger partial charge < -0.3 is 9.64 Å². The van der Waals surface area contributed by atoms with Crippen molar-refractivity contribution in [1.29, 1.82) is 0 Å². The number of piperidine rings is 1. The fourth-order valence-corrected chi connectivity index (χ4v) is 4.48. The maximum Gasteiger partial charge on any atom is 0.253 e. The Bertz CT molecular complexity index is 811. The third kappa shape index (κ3) is 3.70. The quantitative estimate of drug-likeness (QED) is 0.795. The van der Waals surface area contributed by atoms with Crippen LogP contribution in [0, 0.1) is 5.92 Å². The number of nitrogens with one attached hydrogen (secondary N) is 2. The number of carbonyl (C=O) groups excluding carboxylic acids is 1. The number of amides is 1. The summed E-state index contributed by atoms with van der Waals surface area (Å²) in [7, 11) is 1.69. The van der Waals surface area contributed by atoms with E-state index >= 15 is 0 Å². The predicted molar refractivity (Wildman–Crippen MR) is 108 cm³/mol. The lowest BCUT2D eigenvalue weighted by atomic mass is 9.85. The molecule has 6 heteroatoms. The molecule has 2 saturated heterocycles. The van der Waals surface area contributed by atoms with E-state index in [0.717, 1.165) is 30.8 Å². The Balaban J connectivity index is 1.51. The molecule has 5 nitrogen and oxygen atoms in total. The van der Waals surface area contributed by atoms with Crippen molar-refractivity contribution in [2.24, 2.45) is 5.92 Å². The highest BCUT2D eigenvalue weighted by molar-refractivity contribution is 7.98. The van der Waals surface area contributed by atoms with Gasteiger partial charge in [0, 0.05) is 35.5 Å². The molecular weight excluding hydrogens is 358 g/mol. The van der Waals surface area contributed by atoms with Crippen molar-refractivity contribution in [2.75, 3.05) is 26.5 Å². The molecule has 0 saturated carbocycles. The maximum atomic E-state index is 13.0. The first-order valence-electron chi connectivity index (χ1n) is 9.28. The Labute approximate surface area is 164 Å². The molecule has 2 fully saturated rings.